The van der Waals surface area contributed by atoms with Gasteiger partial charge in [0.1, 0.15) is 17.2 Å². The van der Waals surface area contributed by atoms with Crippen LogP contribution in [0, 0.1) is 0 Å². The van der Waals surface area contributed by atoms with Gasteiger partial charge in [-0.1, -0.05) is 0 Å². The minimum absolute atomic E-state index is 0.00139. The highest BCUT2D eigenvalue weighted by molar-refractivity contribution is 6.13. The molecule has 0 spiro atoms. The van der Waals surface area contributed by atoms with Crippen molar-refractivity contribution in [2.24, 2.45) is 0 Å². The van der Waals surface area contributed by atoms with Crippen LogP contribution in [0.5, 0.6) is 5.75 Å². The lowest BCUT2D eigenvalue weighted by Crippen LogP contribution is -2.30. The average Bonchev–Trinajstić information content (AvgIpc) is 3.51. The smallest absolute Gasteiger partial charge is 0.373 e. The van der Waals surface area contributed by atoms with Crippen molar-refractivity contribution in [3.8, 4) is 11.4 Å². The van der Waals surface area contributed by atoms with E-state index < -0.39 is 17.9 Å². The van der Waals surface area contributed by atoms with Crippen LogP contribution < -0.4 is 10.1 Å². The zero-order chi connectivity index (χ0) is 22.7. The standard InChI is InChI=1S/C23H21N3O6/c1-3-31-17-8-6-15(7-9-17)25-12-4-5-16(25)13-19-21(27)26(23(29)24-19)14-18-10-11-20(32-18)22(28)30-2/h4-13H,3,14H2,1-2H3,(H,24,29)/b19-13-. The second-order valence-electron chi connectivity index (χ2n) is 6.87. The van der Waals surface area contributed by atoms with Gasteiger partial charge in [0, 0.05) is 17.6 Å². The monoisotopic (exact) mass is 435 g/mol. The molecule has 0 unspecified atom stereocenters. The molecule has 0 atom stereocenters. The SMILES string of the molecule is CCOc1ccc(-n2cccc2/C=C2\NC(=O)N(Cc3ccc(C(=O)OC)o3)C2=O)cc1. The molecule has 32 heavy (non-hydrogen) atoms. The number of methoxy groups -OCH3 is 1. The van der Waals surface area contributed by atoms with Crippen LogP contribution >= 0.6 is 0 Å². The lowest BCUT2D eigenvalue weighted by Gasteiger charge is -2.10. The van der Waals surface area contributed by atoms with E-state index >= 15 is 0 Å². The van der Waals surface area contributed by atoms with E-state index in [0.717, 1.165) is 16.3 Å². The average molecular weight is 435 g/mol. The zero-order valence-corrected chi connectivity index (χ0v) is 17.5. The maximum atomic E-state index is 12.8. The number of furan rings is 1. The first-order chi connectivity index (χ1) is 15.5. The minimum atomic E-state index is -0.635. The Bertz CT molecular complexity index is 1190. The van der Waals surface area contributed by atoms with Crippen LogP contribution in [-0.2, 0) is 16.1 Å². The Hall–Kier alpha value is -4.27. The normalized spacial score (nSPS) is 14.7. The number of hydrogen-bond donors (Lipinski definition) is 1. The molecule has 1 saturated heterocycles. The molecular formula is C23H21N3O6. The van der Waals surface area contributed by atoms with Crippen molar-refractivity contribution < 1.29 is 28.3 Å². The molecule has 0 aliphatic carbocycles. The number of carbonyl (C=O) groups is 3. The molecule has 3 aromatic rings. The highest BCUT2D eigenvalue weighted by atomic mass is 16.5. The van der Waals surface area contributed by atoms with Crippen molar-refractivity contribution in [3.63, 3.8) is 0 Å². The quantitative estimate of drug-likeness (QED) is 0.347. The molecule has 1 aliphatic rings. The first-order valence-corrected chi connectivity index (χ1v) is 9.92. The Labute approximate surface area is 183 Å². The summed E-state index contributed by atoms with van der Waals surface area (Å²) in [6, 6.07) is 13.6. The number of urea groups is 1. The number of nitrogens with zero attached hydrogens (tertiary/aromatic N) is 2. The molecule has 1 aromatic carbocycles. The minimum Gasteiger partial charge on any atom is -0.494 e. The summed E-state index contributed by atoms with van der Waals surface area (Å²) in [5, 5.41) is 2.59. The van der Waals surface area contributed by atoms with E-state index in [1.54, 1.807) is 6.08 Å². The van der Waals surface area contributed by atoms with E-state index in [4.69, 9.17) is 9.15 Å². The fourth-order valence-corrected chi connectivity index (χ4v) is 3.31. The summed E-state index contributed by atoms with van der Waals surface area (Å²) in [4.78, 5) is 37.7. The van der Waals surface area contributed by atoms with Gasteiger partial charge in [-0.2, -0.15) is 0 Å². The van der Waals surface area contributed by atoms with Crippen LogP contribution in [0.15, 0.2) is 64.8 Å². The number of rotatable bonds is 7. The molecule has 1 aliphatic heterocycles. The van der Waals surface area contributed by atoms with Gasteiger partial charge < -0.3 is 23.8 Å². The van der Waals surface area contributed by atoms with Crippen molar-refractivity contribution in [3.05, 3.63) is 77.6 Å². The van der Waals surface area contributed by atoms with E-state index in [0.29, 0.717) is 12.3 Å². The number of imide groups is 1. The summed E-state index contributed by atoms with van der Waals surface area (Å²) in [5.74, 6) is -0.0774. The van der Waals surface area contributed by atoms with Gasteiger partial charge >= 0.3 is 12.0 Å². The summed E-state index contributed by atoms with van der Waals surface area (Å²) in [5.41, 5.74) is 1.73. The van der Waals surface area contributed by atoms with Crippen molar-refractivity contribution in [1.29, 1.82) is 0 Å². The largest absolute Gasteiger partial charge is 0.494 e. The molecule has 0 radical (unpaired) electrons. The molecule has 0 bridgehead atoms. The summed E-state index contributed by atoms with van der Waals surface area (Å²) in [6.45, 7) is 2.39. The summed E-state index contributed by atoms with van der Waals surface area (Å²) in [7, 11) is 1.24. The molecule has 1 fully saturated rings. The van der Waals surface area contributed by atoms with Crippen LogP contribution in [0.2, 0.25) is 0 Å². The molecule has 3 heterocycles. The first kappa shape index (κ1) is 21.0. The third kappa shape index (κ3) is 4.13. The van der Waals surface area contributed by atoms with E-state index in [9.17, 15) is 14.4 Å². The fraction of sp³-hybridized carbons (Fsp3) is 0.174. The molecule has 0 saturated carbocycles. The van der Waals surface area contributed by atoms with Crippen molar-refractivity contribution in [2.45, 2.75) is 13.5 Å². The molecule has 9 heteroatoms. The van der Waals surface area contributed by atoms with Gasteiger partial charge in [0.2, 0.25) is 5.76 Å². The lowest BCUT2D eigenvalue weighted by molar-refractivity contribution is -0.123. The third-order valence-corrected chi connectivity index (χ3v) is 4.82. The number of hydrogen-bond acceptors (Lipinski definition) is 6. The summed E-state index contributed by atoms with van der Waals surface area (Å²) < 4.78 is 17.3. The van der Waals surface area contributed by atoms with Crippen LogP contribution in [0.3, 0.4) is 0 Å². The number of esters is 1. The van der Waals surface area contributed by atoms with Gasteiger partial charge in [0.05, 0.1) is 20.3 Å². The third-order valence-electron chi connectivity index (χ3n) is 4.82. The van der Waals surface area contributed by atoms with Gasteiger partial charge in [0.25, 0.3) is 5.91 Å². The number of ether oxygens (including phenoxy) is 2. The number of amides is 3. The Morgan fingerprint density at radius 3 is 2.62 bits per heavy atom. The molecular weight excluding hydrogens is 414 g/mol. The second-order valence-corrected chi connectivity index (χ2v) is 6.87. The maximum absolute atomic E-state index is 12.8. The summed E-state index contributed by atoms with van der Waals surface area (Å²) in [6.07, 6.45) is 3.47. The fourth-order valence-electron chi connectivity index (χ4n) is 3.31. The lowest BCUT2D eigenvalue weighted by atomic mass is 10.2. The van der Waals surface area contributed by atoms with Gasteiger partial charge in [-0.05, 0) is 61.5 Å². The zero-order valence-electron chi connectivity index (χ0n) is 17.5. The Morgan fingerprint density at radius 1 is 1.12 bits per heavy atom. The molecule has 2 aromatic heterocycles. The molecule has 9 nitrogen and oxygen atoms in total. The van der Waals surface area contributed by atoms with Crippen LogP contribution in [0.1, 0.15) is 28.9 Å². The van der Waals surface area contributed by atoms with Crippen LogP contribution in [0.25, 0.3) is 11.8 Å². The van der Waals surface area contributed by atoms with E-state index in [1.807, 2.05) is 54.1 Å². The predicted octanol–water partition coefficient (Wildman–Crippen LogP) is 3.35. The van der Waals surface area contributed by atoms with Crippen molar-refractivity contribution in [1.82, 2.24) is 14.8 Å². The Kier molecular flexibility index (Phi) is 5.80. The molecule has 3 amide bonds. The van der Waals surface area contributed by atoms with Gasteiger partial charge in [-0.3, -0.25) is 9.69 Å². The van der Waals surface area contributed by atoms with Crippen molar-refractivity contribution >= 4 is 24.0 Å². The molecule has 1 N–H and O–H groups in total. The Balaban J connectivity index is 1.53. The van der Waals surface area contributed by atoms with E-state index in [1.165, 1.54) is 19.2 Å². The maximum Gasteiger partial charge on any atom is 0.373 e. The number of nitrogens with one attached hydrogen (secondary N) is 1. The van der Waals surface area contributed by atoms with Crippen molar-refractivity contribution in [2.75, 3.05) is 13.7 Å². The van der Waals surface area contributed by atoms with Crippen LogP contribution in [0.4, 0.5) is 4.79 Å². The molecule has 4 rings (SSSR count). The van der Waals surface area contributed by atoms with Gasteiger partial charge in [0.15, 0.2) is 0 Å². The number of benzene rings is 1. The van der Waals surface area contributed by atoms with Crippen LogP contribution in [-0.4, -0.2) is 41.1 Å². The summed E-state index contributed by atoms with van der Waals surface area (Å²) >= 11 is 0. The second kappa shape index (κ2) is 8.84. The highest BCUT2D eigenvalue weighted by Crippen LogP contribution is 2.22. The topological polar surface area (TPSA) is 103 Å². The van der Waals surface area contributed by atoms with Gasteiger partial charge in [-0.15, -0.1) is 0 Å². The number of carbonyl (C=O) groups excluding carboxylic acids is 3. The first-order valence-electron chi connectivity index (χ1n) is 9.92. The molecule has 164 valence electrons. The highest BCUT2D eigenvalue weighted by Gasteiger charge is 2.34. The van der Waals surface area contributed by atoms with Gasteiger partial charge in [-0.25, -0.2) is 9.59 Å². The Morgan fingerprint density at radius 2 is 1.91 bits per heavy atom. The van der Waals surface area contributed by atoms with E-state index in [2.05, 4.69) is 10.1 Å². The predicted molar refractivity (Wildman–Crippen MR) is 114 cm³/mol. The number of aromatic nitrogens is 1. The van der Waals surface area contributed by atoms with E-state index in [-0.39, 0.29) is 23.8 Å².